The first-order valence-electron chi connectivity index (χ1n) is 8.51. The van der Waals surface area contributed by atoms with Crippen LogP contribution in [0.3, 0.4) is 0 Å². The van der Waals surface area contributed by atoms with Crippen LogP contribution in [0.25, 0.3) is 0 Å². The van der Waals surface area contributed by atoms with Gasteiger partial charge in [-0.2, -0.15) is 0 Å². The molecular weight excluding hydrogens is 308 g/mol. The van der Waals surface area contributed by atoms with Crippen molar-refractivity contribution < 1.29 is 8.42 Å². The molecule has 1 saturated heterocycles. The van der Waals surface area contributed by atoms with Gasteiger partial charge in [0.25, 0.3) is 0 Å². The van der Waals surface area contributed by atoms with Gasteiger partial charge in [0.2, 0.25) is 0 Å². The van der Waals surface area contributed by atoms with Crippen molar-refractivity contribution in [1.29, 1.82) is 0 Å². The monoisotopic (exact) mass is 338 g/mol. The largest absolute Gasteiger partial charge is 0.303 e. The van der Waals surface area contributed by atoms with Crippen LogP contribution in [0, 0.1) is 0 Å². The smallest absolute Gasteiger partial charge is 0.147 e. The number of hydrogen-bond acceptors (Lipinski definition) is 4. The molecule has 2 atom stereocenters. The Morgan fingerprint density at radius 3 is 2.57 bits per heavy atom. The van der Waals surface area contributed by atoms with Crippen molar-refractivity contribution in [3.05, 3.63) is 35.9 Å². The quantitative estimate of drug-likeness (QED) is 0.765. The molecule has 0 bridgehead atoms. The Bertz CT molecular complexity index is 574. The van der Waals surface area contributed by atoms with E-state index in [0.29, 0.717) is 17.8 Å². The Hall–Kier alpha value is -0.910. The van der Waals surface area contributed by atoms with E-state index in [4.69, 9.17) is 0 Å². The minimum Gasteiger partial charge on any atom is -0.303 e. The van der Waals surface area contributed by atoms with Crippen LogP contribution in [0.4, 0.5) is 0 Å². The summed E-state index contributed by atoms with van der Waals surface area (Å²) in [5.41, 5.74) is 1.37. The molecule has 0 radical (unpaired) electrons. The number of sulfone groups is 1. The molecule has 0 aromatic heterocycles. The number of likely N-dealkylation sites (tertiary alicyclic amines) is 1. The highest BCUT2D eigenvalue weighted by molar-refractivity contribution is 7.90. The topological polar surface area (TPSA) is 40.6 Å². The summed E-state index contributed by atoms with van der Waals surface area (Å²) in [5, 5.41) is 0. The third kappa shape index (κ3) is 6.24. The van der Waals surface area contributed by atoms with Gasteiger partial charge >= 0.3 is 0 Å². The first-order chi connectivity index (χ1) is 10.8. The maximum atomic E-state index is 11.2. The molecule has 1 fully saturated rings. The zero-order valence-corrected chi connectivity index (χ0v) is 15.4. The lowest BCUT2D eigenvalue weighted by molar-refractivity contribution is 0.0805. The third-order valence-electron chi connectivity index (χ3n) is 4.86. The van der Waals surface area contributed by atoms with Gasteiger partial charge in [0.15, 0.2) is 0 Å². The highest BCUT2D eigenvalue weighted by Crippen LogP contribution is 2.23. The summed E-state index contributed by atoms with van der Waals surface area (Å²) in [5.74, 6) is 0.291. The highest BCUT2D eigenvalue weighted by Gasteiger charge is 2.27. The normalized spacial score (nSPS) is 23.3. The molecule has 0 amide bonds. The van der Waals surface area contributed by atoms with Gasteiger partial charge in [-0.3, -0.25) is 4.90 Å². The van der Waals surface area contributed by atoms with E-state index in [1.807, 2.05) is 0 Å². The SMILES string of the molecule is C[C@@H]1C[C@@H](N(C)CCCS(C)(=O)=O)CCN1Cc1ccccc1. The molecule has 0 saturated carbocycles. The van der Waals surface area contributed by atoms with E-state index in [1.54, 1.807) is 0 Å². The molecule has 130 valence electrons. The Balaban J connectivity index is 1.78. The molecule has 1 aliphatic rings. The molecule has 4 nitrogen and oxygen atoms in total. The van der Waals surface area contributed by atoms with Crippen LogP contribution < -0.4 is 0 Å². The number of nitrogens with zero attached hydrogens (tertiary/aromatic N) is 2. The predicted molar refractivity (Wildman–Crippen MR) is 96.3 cm³/mol. The summed E-state index contributed by atoms with van der Waals surface area (Å²) in [6.07, 6.45) is 4.36. The number of rotatable bonds is 7. The summed E-state index contributed by atoms with van der Waals surface area (Å²) in [6, 6.07) is 11.8. The number of benzene rings is 1. The van der Waals surface area contributed by atoms with Gasteiger partial charge in [0, 0.05) is 31.4 Å². The van der Waals surface area contributed by atoms with Gasteiger partial charge < -0.3 is 4.90 Å². The Labute approximate surface area is 141 Å². The average molecular weight is 339 g/mol. The number of hydrogen-bond donors (Lipinski definition) is 0. The van der Waals surface area contributed by atoms with Crippen LogP contribution in [0.5, 0.6) is 0 Å². The summed E-state index contributed by atoms with van der Waals surface area (Å²) < 4.78 is 22.5. The molecule has 1 heterocycles. The molecular formula is C18H30N2O2S. The standard InChI is InChI=1S/C18H30N2O2S/c1-16-14-18(19(2)11-7-13-23(3,21)22)10-12-20(16)15-17-8-5-4-6-9-17/h4-6,8-9,16,18H,7,10-15H2,1-3H3/t16-,18+/m1/s1. The zero-order chi connectivity index (χ0) is 16.9. The maximum absolute atomic E-state index is 11.2. The van der Waals surface area contributed by atoms with Crippen LogP contribution in [-0.2, 0) is 16.4 Å². The van der Waals surface area contributed by atoms with Crippen molar-refractivity contribution in [2.75, 3.05) is 32.1 Å². The summed E-state index contributed by atoms with van der Waals surface area (Å²) >= 11 is 0. The van der Waals surface area contributed by atoms with Gasteiger partial charge in [0.05, 0.1) is 5.75 Å². The van der Waals surface area contributed by atoms with E-state index in [-0.39, 0.29) is 0 Å². The van der Waals surface area contributed by atoms with Crippen molar-refractivity contribution in [3.8, 4) is 0 Å². The molecule has 1 aliphatic heterocycles. The lowest BCUT2D eigenvalue weighted by Crippen LogP contribution is -2.47. The molecule has 0 spiro atoms. The third-order valence-corrected chi connectivity index (χ3v) is 5.89. The second-order valence-corrected chi connectivity index (χ2v) is 9.21. The van der Waals surface area contributed by atoms with Gasteiger partial charge in [-0.15, -0.1) is 0 Å². The van der Waals surface area contributed by atoms with E-state index < -0.39 is 9.84 Å². The molecule has 1 aromatic rings. The lowest BCUT2D eigenvalue weighted by Gasteiger charge is -2.41. The fourth-order valence-corrected chi connectivity index (χ4v) is 4.06. The molecule has 1 aromatic carbocycles. The Kier molecular flexibility index (Phi) is 6.62. The van der Waals surface area contributed by atoms with Gasteiger partial charge in [-0.25, -0.2) is 8.42 Å². The zero-order valence-electron chi connectivity index (χ0n) is 14.6. The van der Waals surface area contributed by atoms with Crippen molar-refractivity contribution >= 4 is 9.84 Å². The molecule has 0 N–H and O–H groups in total. The predicted octanol–water partition coefficient (Wildman–Crippen LogP) is 2.41. The molecule has 2 rings (SSSR count). The van der Waals surface area contributed by atoms with Crippen molar-refractivity contribution in [2.24, 2.45) is 0 Å². The van der Waals surface area contributed by atoms with Crippen LogP contribution in [-0.4, -0.2) is 62.4 Å². The van der Waals surface area contributed by atoms with Crippen LogP contribution >= 0.6 is 0 Å². The first-order valence-corrected chi connectivity index (χ1v) is 10.6. The van der Waals surface area contributed by atoms with E-state index in [1.165, 1.54) is 11.8 Å². The van der Waals surface area contributed by atoms with E-state index >= 15 is 0 Å². The summed E-state index contributed by atoms with van der Waals surface area (Å²) in [4.78, 5) is 4.90. The van der Waals surface area contributed by atoms with Gasteiger partial charge in [-0.05, 0) is 45.3 Å². The van der Waals surface area contributed by atoms with E-state index in [2.05, 4.69) is 54.1 Å². The molecule has 0 unspecified atom stereocenters. The van der Waals surface area contributed by atoms with Gasteiger partial charge in [0.1, 0.15) is 9.84 Å². The van der Waals surface area contributed by atoms with Crippen LogP contribution in [0.2, 0.25) is 0 Å². The fraction of sp³-hybridized carbons (Fsp3) is 0.667. The van der Waals surface area contributed by atoms with E-state index in [0.717, 1.165) is 38.9 Å². The van der Waals surface area contributed by atoms with Crippen LogP contribution in [0.1, 0.15) is 31.7 Å². The average Bonchev–Trinajstić information content (AvgIpc) is 2.49. The minimum atomic E-state index is -2.84. The maximum Gasteiger partial charge on any atom is 0.147 e. The fourth-order valence-electron chi connectivity index (χ4n) is 3.41. The Morgan fingerprint density at radius 1 is 1.26 bits per heavy atom. The molecule has 23 heavy (non-hydrogen) atoms. The van der Waals surface area contributed by atoms with Gasteiger partial charge in [-0.1, -0.05) is 30.3 Å². The minimum absolute atomic E-state index is 0.291. The summed E-state index contributed by atoms with van der Waals surface area (Å²) in [6.45, 7) is 5.30. The number of piperidine rings is 1. The van der Waals surface area contributed by atoms with Crippen molar-refractivity contribution in [2.45, 2.75) is 44.8 Å². The van der Waals surface area contributed by atoms with Crippen LogP contribution in [0.15, 0.2) is 30.3 Å². The second kappa shape index (κ2) is 8.27. The summed E-state index contributed by atoms with van der Waals surface area (Å²) in [7, 11) is -0.708. The lowest BCUT2D eigenvalue weighted by atomic mass is 9.96. The molecule has 0 aliphatic carbocycles. The Morgan fingerprint density at radius 2 is 1.96 bits per heavy atom. The first kappa shape index (κ1) is 18.4. The van der Waals surface area contributed by atoms with E-state index in [9.17, 15) is 8.42 Å². The van der Waals surface area contributed by atoms with Crippen molar-refractivity contribution in [1.82, 2.24) is 9.80 Å². The second-order valence-electron chi connectivity index (χ2n) is 6.95. The molecule has 5 heteroatoms. The van der Waals surface area contributed by atoms with Crippen molar-refractivity contribution in [3.63, 3.8) is 0 Å². The highest BCUT2D eigenvalue weighted by atomic mass is 32.2.